The van der Waals surface area contributed by atoms with E-state index in [0.717, 1.165) is 25.9 Å². The molecule has 0 aromatic carbocycles. The van der Waals surface area contributed by atoms with Crippen molar-refractivity contribution in [2.75, 3.05) is 24.4 Å². The Kier molecular flexibility index (Phi) is 5.18. The van der Waals surface area contributed by atoms with E-state index in [2.05, 4.69) is 25.4 Å². The topological polar surface area (TPSA) is 109 Å². The van der Waals surface area contributed by atoms with Crippen LogP contribution < -0.4 is 5.43 Å². The Morgan fingerprint density at radius 3 is 2.65 bits per heavy atom. The third-order valence-corrected chi connectivity index (χ3v) is 5.25. The number of imidazole rings is 1. The molecule has 2 aliphatic heterocycles. The molecule has 2 fully saturated rings. The Bertz CT molecular complexity index is 784. The molecule has 26 heavy (non-hydrogen) atoms. The van der Waals surface area contributed by atoms with Gasteiger partial charge in [0, 0.05) is 13.1 Å². The number of halogens is 2. The Balaban J connectivity index is 1.67. The van der Waals surface area contributed by atoms with Crippen molar-refractivity contribution < 1.29 is 14.9 Å². The average molecular weight is 403 g/mol. The van der Waals surface area contributed by atoms with Crippen molar-refractivity contribution >= 4 is 40.2 Å². The fourth-order valence-corrected chi connectivity index (χ4v) is 3.82. The molecule has 4 rings (SSSR count). The van der Waals surface area contributed by atoms with Crippen LogP contribution in [0.15, 0.2) is 6.33 Å². The Hall–Kier alpha value is -1.23. The van der Waals surface area contributed by atoms with Crippen molar-refractivity contribution in [1.29, 1.82) is 0 Å². The quantitative estimate of drug-likeness (QED) is 0.516. The minimum absolute atomic E-state index is 0.0562. The number of aliphatic hydroxyl groups is 2. The number of ether oxygens (including phenoxy) is 1. The van der Waals surface area contributed by atoms with Gasteiger partial charge in [-0.2, -0.15) is 9.97 Å². The number of anilines is 1. The lowest BCUT2D eigenvalue weighted by atomic mass is 10.1. The predicted molar refractivity (Wildman–Crippen MR) is 96.0 cm³/mol. The molecule has 0 bridgehead atoms. The molecule has 2 aromatic heterocycles. The summed E-state index contributed by atoms with van der Waals surface area (Å²) < 4.78 is 7.22. The third kappa shape index (κ3) is 3.23. The molecule has 4 atom stereocenters. The van der Waals surface area contributed by atoms with Gasteiger partial charge in [0.15, 0.2) is 23.2 Å². The first-order chi connectivity index (χ1) is 12.6. The second-order valence-electron chi connectivity index (χ2n) is 6.53. The maximum Gasteiger partial charge on any atom is 0.226 e. The molecule has 0 radical (unpaired) electrons. The number of fused-ring (bicyclic) bond motifs is 1. The highest BCUT2D eigenvalue weighted by atomic mass is 35.5. The van der Waals surface area contributed by atoms with Crippen molar-refractivity contribution in [2.24, 2.45) is 0 Å². The predicted octanol–water partition coefficient (Wildman–Crippen LogP) is 1.15. The SMILES string of the molecule is OC1C(CCl)OC(n2cnc3c(NN4CCCCC4)nc(Cl)nc32)C1O. The average Bonchev–Trinajstić information content (AvgIpc) is 3.17. The van der Waals surface area contributed by atoms with Crippen LogP contribution in [0.4, 0.5) is 5.82 Å². The van der Waals surface area contributed by atoms with Crippen molar-refractivity contribution in [3.63, 3.8) is 0 Å². The van der Waals surface area contributed by atoms with Crippen LogP contribution in [0, 0.1) is 0 Å². The summed E-state index contributed by atoms with van der Waals surface area (Å²) in [6.07, 6.45) is 1.18. The molecule has 0 aliphatic carbocycles. The highest BCUT2D eigenvalue weighted by Gasteiger charge is 2.44. The van der Waals surface area contributed by atoms with Crippen molar-refractivity contribution in [3.8, 4) is 0 Å². The zero-order valence-electron chi connectivity index (χ0n) is 13.9. The van der Waals surface area contributed by atoms with E-state index in [4.69, 9.17) is 27.9 Å². The molecule has 2 aromatic rings. The second kappa shape index (κ2) is 7.41. The van der Waals surface area contributed by atoms with Crippen LogP contribution >= 0.6 is 23.2 Å². The first kappa shape index (κ1) is 18.1. The van der Waals surface area contributed by atoms with Crippen LogP contribution in [0.25, 0.3) is 11.2 Å². The van der Waals surface area contributed by atoms with Gasteiger partial charge in [0.05, 0.1) is 12.2 Å². The summed E-state index contributed by atoms with van der Waals surface area (Å²) in [6.45, 7) is 1.83. The standard InChI is InChI=1S/C15H20Cl2N6O3/c16-6-8-10(24)11(25)14(26-8)23-7-18-9-12(19-15(17)20-13(9)23)21-22-4-2-1-3-5-22/h7-8,10-11,14,24-25H,1-6H2,(H,19,20,21). The number of nitrogens with zero attached hydrogens (tertiary/aromatic N) is 5. The monoisotopic (exact) mass is 402 g/mol. The first-order valence-corrected chi connectivity index (χ1v) is 9.49. The van der Waals surface area contributed by atoms with Gasteiger partial charge in [-0.15, -0.1) is 11.6 Å². The van der Waals surface area contributed by atoms with Gasteiger partial charge in [-0.1, -0.05) is 6.42 Å². The number of aliphatic hydroxyl groups excluding tert-OH is 2. The molecule has 11 heteroatoms. The zero-order valence-corrected chi connectivity index (χ0v) is 15.4. The molecule has 9 nitrogen and oxygen atoms in total. The van der Waals surface area contributed by atoms with Gasteiger partial charge in [0.2, 0.25) is 5.28 Å². The summed E-state index contributed by atoms with van der Waals surface area (Å²) in [4.78, 5) is 12.9. The third-order valence-electron chi connectivity index (χ3n) is 4.78. The summed E-state index contributed by atoms with van der Waals surface area (Å²) in [5, 5.41) is 22.5. The normalized spacial score (nSPS) is 30.2. The highest BCUT2D eigenvalue weighted by molar-refractivity contribution is 6.28. The smallest absolute Gasteiger partial charge is 0.226 e. The van der Waals surface area contributed by atoms with Crippen molar-refractivity contribution in [2.45, 2.75) is 43.8 Å². The minimum Gasteiger partial charge on any atom is -0.387 e. The van der Waals surface area contributed by atoms with E-state index in [0.29, 0.717) is 17.0 Å². The zero-order chi connectivity index (χ0) is 18.3. The van der Waals surface area contributed by atoms with Gasteiger partial charge in [-0.3, -0.25) is 4.57 Å². The van der Waals surface area contributed by atoms with E-state index < -0.39 is 24.5 Å². The number of nitrogens with one attached hydrogen (secondary N) is 1. The Morgan fingerprint density at radius 2 is 1.96 bits per heavy atom. The summed E-state index contributed by atoms with van der Waals surface area (Å²) in [7, 11) is 0. The van der Waals surface area contributed by atoms with E-state index in [1.165, 1.54) is 12.7 Å². The molecule has 4 unspecified atom stereocenters. The largest absolute Gasteiger partial charge is 0.387 e. The lowest BCUT2D eigenvalue weighted by molar-refractivity contribution is -0.0291. The van der Waals surface area contributed by atoms with Crippen molar-refractivity contribution in [1.82, 2.24) is 24.5 Å². The molecule has 3 N–H and O–H groups in total. The molecule has 4 heterocycles. The second-order valence-corrected chi connectivity index (χ2v) is 7.17. The van der Waals surface area contributed by atoms with Crippen LogP contribution in [-0.2, 0) is 4.74 Å². The van der Waals surface area contributed by atoms with Gasteiger partial charge < -0.3 is 20.4 Å². The molecule has 0 spiro atoms. The van der Waals surface area contributed by atoms with E-state index in [9.17, 15) is 10.2 Å². The summed E-state index contributed by atoms with van der Waals surface area (Å²) >= 11 is 11.9. The van der Waals surface area contributed by atoms with E-state index in [-0.39, 0.29) is 11.2 Å². The van der Waals surface area contributed by atoms with Gasteiger partial charge in [-0.25, -0.2) is 9.99 Å². The number of piperidine rings is 1. The first-order valence-electron chi connectivity index (χ1n) is 8.57. The van der Waals surface area contributed by atoms with E-state index >= 15 is 0 Å². The lowest BCUT2D eigenvalue weighted by Crippen LogP contribution is -2.35. The lowest BCUT2D eigenvalue weighted by Gasteiger charge is -2.27. The van der Waals surface area contributed by atoms with Crippen LogP contribution in [0.2, 0.25) is 5.28 Å². The molecule has 2 aliphatic rings. The highest BCUT2D eigenvalue weighted by Crippen LogP contribution is 2.33. The Labute approximate surface area is 159 Å². The van der Waals surface area contributed by atoms with Crippen molar-refractivity contribution in [3.05, 3.63) is 11.6 Å². The van der Waals surface area contributed by atoms with Crippen LogP contribution in [-0.4, -0.2) is 72.0 Å². The number of hydrogen-bond acceptors (Lipinski definition) is 8. The van der Waals surface area contributed by atoms with Gasteiger partial charge in [-0.05, 0) is 24.4 Å². The molecular formula is C15H20Cl2N6O3. The summed E-state index contributed by atoms with van der Waals surface area (Å²) in [5.41, 5.74) is 4.18. The van der Waals surface area contributed by atoms with E-state index in [1.807, 2.05) is 0 Å². The number of hydrogen-bond donors (Lipinski definition) is 3. The fraction of sp³-hybridized carbons (Fsp3) is 0.667. The minimum atomic E-state index is -1.15. The van der Waals surface area contributed by atoms with Crippen LogP contribution in [0.5, 0.6) is 0 Å². The van der Waals surface area contributed by atoms with Crippen LogP contribution in [0.1, 0.15) is 25.5 Å². The summed E-state index contributed by atoms with van der Waals surface area (Å²) in [6, 6.07) is 0. The van der Waals surface area contributed by atoms with Gasteiger partial charge in [0.1, 0.15) is 18.3 Å². The van der Waals surface area contributed by atoms with E-state index in [1.54, 1.807) is 4.57 Å². The fourth-order valence-electron chi connectivity index (χ4n) is 3.40. The molecular weight excluding hydrogens is 383 g/mol. The van der Waals surface area contributed by atoms with Gasteiger partial charge in [0.25, 0.3) is 0 Å². The number of hydrazine groups is 1. The number of alkyl halides is 1. The maximum absolute atomic E-state index is 10.3. The molecule has 0 saturated carbocycles. The number of rotatable bonds is 4. The molecule has 2 saturated heterocycles. The molecule has 0 amide bonds. The summed E-state index contributed by atoms with van der Waals surface area (Å²) in [5.74, 6) is 0.571. The number of aromatic nitrogens is 4. The molecule has 142 valence electrons. The Morgan fingerprint density at radius 1 is 1.19 bits per heavy atom. The van der Waals surface area contributed by atoms with Gasteiger partial charge >= 0.3 is 0 Å². The van der Waals surface area contributed by atoms with Crippen LogP contribution in [0.3, 0.4) is 0 Å². The maximum atomic E-state index is 10.3.